The van der Waals surface area contributed by atoms with Crippen LogP contribution in [0.15, 0.2) is 16.7 Å². The molecule has 0 aliphatic carbocycles. The molecular formula is C11H15BrN2O2. The molecule has 0 atom stereocenters. The second-order valence-corrected chi connectivity index (χ2v) is 4.78. The van der Waals surface area contributed by atoms with Crippen molar-refractivity contribution in [3.05, 3.63) is 16.7 Å². The van der Waals surface area contributed by atoms with Gasteiger partial charge < -0.3 is 15.2 Å². The Morgan fingerprint density at radius 1 is 1.50 bits per heavy atom. The maximum atomic E-state index is 5.66. The SMILES string of the molecule is Nc1cnc(OCC2CCOCC2)c(Br)c1. The van der Waals surface area contributed by atoms with Gasteiger partial charge in [-0.05, 0) is 40.8 Å². The average Bonchev–Trinajstić information content (AvgIpc) is 2.29. The number of pyridine rings is 1. The van der Waals surface area contributed by atoms with E-state index >= 15 is 0 Å². The van der Waals surface area contributed by atoms with Crippen LogP contribution in [-0.2, 0) is 4.74 Å². The molecule has 0 saturated carbocycles. The molecule has 1 aromatic rings. The molecule has 2 N–H and O–H groups in total. The molecule has 0 aromatic carbocycles. The van der Waals surface area contributed by atoms with Gasteiger partial charge in [0.2, 0.25) is 5.88 Å². The van der Waals surface area contributed by atoms with Crippen molar-refractivity contribution < 1.29 is 9.47 Å². The summed E-state index contributed by atoms with van der Waals surface area (Å²) in [6.45, 7) is 2.37. The molecule has 1 saturated heterocycles. The van der Waals surface area contributed by atoms with Crippen molar-refractivity contribution in [1.29, 1.82) is 0 Å². The first-order chi connectivity index (χ1) is 7.75. The van der Waals surface area contributed by atoms with E-state index in [-0.39, 0.29) is 0 Å². The Morgan fingerprint density at radius 2 is 2.25 bits per heavy atom. The van der Waals surface area contributed by atoms with Gasteiger partial charge in [-0.25, -0.2) is 4.98 Å². The first-order valence-corrected chi connectivity index (χ1v) is 6.16. The molecule has 1 aliphatic heterocycles. The second kappa shape index (κ2) is 5.50. The van der Waals surface area contributed by atoms with Crippen molar-refractivity contribution in [2.45, 2.75) is 12.8 Å². The zero-order chi connectivity index (χ0) is 11.4. The van der Waals surface area contributed by atoms with Crippen LogP contribution in [0.25, 0.3) is 0 Å². The zero-order valence-electron chi connectivity index (χ0n) is 8.99. The fraction of sp³-hybridized carbons (Fsp3) is 0.545. The van der Waals surface area contributed by atoms with Crippen molar-refractivity contribution >= 4 is 21.6 Å². The van der Waals surface area contributed by atoms with E-state index in [1.165, 1.54) is 0 Å². The van der Waals surface area contributed by atoms with Gasteiger partial charge in [-0.1, -0.05) is 0 Å². The van der Waals surface area contributed by atoms with E-state index in [4.69, 9.17) is 15.2 Å². The lowest BCUT2D eigenvalue weighted by Gasteiger charge is -2.21. The van der Waals surface area contributed by atoms with E-state index in [1.807, 2.05) is 0 Å². The molecule has 0 spiro atoms. The number of rotatable bonds is 3. The molecule has 1 aromatic heterocycles. The maximum Gasteiger partial charge on any atom is 0.228 e. The Morgan fingerprint density at radius 3 is 2.94 bits per heavy atom. The van der Waals surface area contributed by atoms with Gasteiger partial charge in [-0.15, -0.1) is 0 Å². The lowest BCUT2D eigenvalue weighted by molar-refractivity contribution is 0.0489. The molecule has 0 unspecified atom stereocenters. The number of aromatic nitrogens is 1. The van der Waals surface area contributed by atoms with Crippen molar-refractivity contribution in [1.82, 2.24) is 4.98 Å². The summed E-state index contributed by atoms with van der Waals surface area (Å²) in [6, 6.07) is 1.80. The Kier molecular flexibility index (Phi) is 4.01. The van der Waals surface area contributed by atoms with Crippen molar-refractivity contribution in [2.24, 2.45) is 5.92 Å². The molecule has 5 heteroatoms. The molecule has 2 heterocycles. The number of nitrogens with two attached hydrogens (primary N) is 1. The van der Waals surface area contributed by atoms with Crippen LogP contribution in [0.5, 0.6) is 5.88 Å². The van der Waals surface area contributed by atoms with Gasteiger partial charge >= 0.3 is 0 Å². The summed E-state index contributed by atoms with van der Waals surface area (Å²) in [5.41, 5.74) is 6.23. The van der Waals surface area contributed by atoms with E-state index in [0.717, 1.165) is 30.5 Å². The van der Waals surface area contributed by atoms with Crippen LogP contribution >= 0.6 is 15.9 Å². The smallest absolute Gasteiger partial charge is 0.228 e. The highest BCUT2D eigenvalue weighted by atomic mass is 79.9. The highest BCUT2D eigenvalue weighted by Gasteiger charge is 2.15. The minimum absolute atomic E-state index is 0.569. The quantitative estimate of drug-likeness (QED) is 0.926. The van der Waals surface area contributed by atoms with Gasteiger partial charge in [0.15, 0.2) is 0 Å². The topological polar surface area (TPSA) is 57.4 Å². The minimum atomic E-state index is 0.569. The average molecular weight is 287 g/mol. The van der Waals surface area contributed by atoms with Crippen molar-refractivity contribution in [2.75, 3.05) is 25.6 Å². The number of nitrogen functional groups attached to an aromatic ring is 1. The molecule has 1 fully saturated rings. The maximum absolute atomic E-state index is 5.66. The summed E-state index contributed by atoms with van der Waals surface area (Å²) in [7, 11) is 0. The summed E-state index contributed by atoms with van der Waals surface area (Å²) < 4.78 is 11.8. The van der Waals surface area contributed by atoms with Gasteiger partial charge in [0.1, 0.15) is 0 Å². The third-order valence-electron chi connectivity index (χ3n) is 2.63. The fourth-order valence-electron chi connectivity index (χ4n) is 1.66. The highest BCUT2D eigenvalue weighted by molar-refractivity contribution is 9.10. The molecule has 0 bridgehead atoms. The Hall–Kier alpha value is -0.810. The number of anilines is 1. The number of hydrogen-bond acceptors (Lipinski definition) is 4. The van der Waals surface area contributed by atoms with Crippen LogP contribution in [0, 0.1) is 5.92 Å². The van der Waals surface area contributed by atoms with E-state index in [2.05, 4.69) is 20.9 Å². The lowest BCUT2D eigenvalue weighted by atomic mass is 10.0. The summed E-state index contributed by atoms with van der Waals surface area (Å²) in [6.07, 6.45) is 3.73. The third-order valence-corrected chi connectivity index (χ3v) is 3.19. The molecule has 0 radical (unpaired) electrons. The molecule has 4 nitrogen and oxygen atoms in total. The number of ether oxygens (including phenoxy) is 2. The Labute approximate surface area is 103 Å². The van der Waals surface area contributed by atoms with Crippen molar-refractivity contribution in [3.8, 4) is 5.88 Å². The summed E-state index contributed by atoms with van der Waals surface area (Å²) in [4.78, 5) is 4.14. The van der Waals surface area contributed by atoms with E-state index in [0.29, 0.717) is 24.1 Å². The van der Waals surface area contributed by atoms with Crippen LogP contribution in [0.4, 0.5) is 5.69 Å². The molecule has 0 amide bonds. The lowest BCUT2D eigenvalue weighted by Crippen LogP contribution is -2.21. The van der Waals surface area contributed by atoms with Gasteiger partial charge in [0.25, 0.3) is 0 Å². The van der Waals surface area contributed by atoms with E-state index < -0.39 is 0 Å². The van der Waals surface area contributed by atoms with Gasteiger partial charge in [0.05, 0.1) is 23.0 Å². The second-order valence-electron chi connectivity index (χ2n) is 3.92. The molecular weight excluding hydrogens is 272 g/mol. The van der Waals surface area contributed by atoms with Gasteiger partial charge in [-0.3, -0.25) is 0 Å². The normalized spacial score (nSPS) is 17.3. The third kappa shape index (κ3) is 3.09. The van der Waals surface area contributed by atoms with Crippen molar-refractivity contribution in [3.63, 3.8) is 0 Å². The van der Waals surface area contributed by atoms with Crippen LogP contribution < -0.4 is 10.5 Å². The first-order valence-electron chi connectivity index (χ1n) is 5.37. The largest absolute Gasteiger partial charge is 0.477 e. The predicted molar refractivity (Wildman–Crippen MR) is 65.4 cm³/mol. The Bertz CT molecular complexity index is 354. The molecule has 88 valence electrons. The van der Waals surface area contributed by atoms with Gasteiger partial charge in [-0.2, -0.15) is 0 Å². The fourth-order valence-corrected chi connectivity index (χ4v) is 2.14. The van der Waals surface area contributed by atoms with E-state index in [1.54, 1.807) is 12.3 Å². The summed E-state index contributed by atoms with van der Waals surface area (Å²) in [5, 5.41) is 0. The van der Waals surface area contributed by atoms with Crippen LogP contribution in [0.2, 0.25) is 0 Å². The monoisotopic (exact) mass is 286 g/mol. The number of hydrogen-bond donors (Lipinski definition) is 1. The molecule has 1 aliphatic rings. The first kappa shape index (κ1) is 11.7. The molecule has 2 rings (SSSR count). The number of nitrogens with zero attached hydrogens (tertiary/aromatic N) is 1. The summed E-state index contributed by atoms with van der Waals surface area (Å²) >= 11 is 3.38. The zero-order valence-corrected chi connectivity index (χ0v) is 10.6. The predicted octanol–water partition coefficient (Wildman–Crippen LogP) is 2.23. The minimum Gasteiger partial charge on any atom is -0.477 e. The standard InChI is InChI=1S/C11H15BrN2O2/c12-10-5-9(13)6-14-11(10)16-7-8-1-3-15-4-2-8/h5-6,8H,1-4,7,13H2. The van der Waals surface area contributed by atoms with Gasteiger partial charge in [0, 0.05) is 13.2 Å². The van der Waals surface area contributed by atoms with Crippen LogP contribution in [0.3, 0.4) is 0 Å². The van der Waals surface area contributed by atoms with E-state index in [9.17, 15) is 0 Å². The Balaban J connectivity index is 1.88. The van der Waals surface area contributed by atoms with Crippen LogP contribution in [0.1, 0.15) is 12.8 Å². The summed E-state index contributed by atoms with van der Waals surface area (Å²) in [5.74, 6) is 1.18. The molecule has 16 heavy (non-hydrogen) atoms. The number of halogens is 1. The highest BCUT2D eigenvalue weighted by Crippen LogP contribution is 2.25. The van der Waals surface area contributed by atoms with Crippen LogP contribution in [-0.4, -0.2) is 24.8 Å².